The maximum Gasteiger partial charge on any atom is 0.101 e. The number of aliphatic hydroxyl groups is 1. The summed E-state index contributed by atoms with van der Waals surface area (Å²) in [4.78, 5) is 3.46. The first-order chi connectivity index (χ1) is 11.1. The molecule has 1 aromatic carbocycles. The molecule has 2 aromatic rings. The van der Waals surface area contributed by atoms with Gasteiger partial charge in [-0.05, 0) is 35.4 Å². The van der Waals surface area contributed by atoms with E-state index in [1.165, 1.54) is 12.0 Å². The van der Waals surface area contributed by atoms with Crippen molar-refractivity contribution in [2.75, 3.05) is 26.2 Å². The minimum absolute atomic E-state index is 0.296. The molecule has 2 unspecified atom stereocenters. The van der Waals surface area contributed by atoms with Crippen LogP contribution < -0.4 is 5.32 Å². The van der Waals surface area contributed by atoms with Gasteiger partial charge >= 0.3 is 0 Å². The van der Waals surface area contributed by atoms with Crippen LogP contribution in [0.15, 0.2) is 47.8 Å². The number of benzene rings is 1. The van der Waals surface area contributed by atoms with E-state index in [-0.39, 0.29) is 0 Å². The predicted molar refractivity (Wildman–Crippen MR) is 96.6 cm³/mol. The molecule has 2 heterocycles. The summed E-state index contributed by atoms with van der Waals surface area (Å²) in [6.45, 7) is 7.10. The van der Waals surface area contributed by atoms with Gasteiger partial charge in [0.25, 0.3) is 0 Å². The third-order valence-corrected chi connectivity index (χ3v) is 5.59. The van der Waals surface area contributed by atoms with Crippen LogP contribution in [0.1, 0.15) is 29.9 Å². The van der Waals surface area contributed by atoms with Crippen LogP contribution in [-0.4, -0.2) is 36.2 Å². The third-order valence-electron chi connectivity index (χ3n) is 4.61. The van der Waals surface area contributed by atoms with Crippen molar-refractivity contribution in [1.29, 1.82) is 0 Å². The molecule has 0 amide bonds. The van der Waals surface area contributed by atoms with E-state index >= 15 is 0 Å². The molecule has 124 valence electrons. The fourth-order valence-corrected chi connectivity index (χ4v) is 4.09. The quantitative estimate of drug-likeness (QED) is 0.818. The molecule has 0 spiro atoms. The second-order valence-electron chi connectivity index (χ2n) is 6.92. The van der Waals surface area contributed by atoms with Crippen molar-refractivity contribution < 1.29 is 5.11 Å². The second kappa shape index (κ2) is 7.58. The number of aliphatic hydroxyl groups excluding tert-OH is 1. The smallest absolute Gasteiger partial charge is 0.101 e. The Kier molecular flexibility index (Phi) is 5.49. The Morgan fingerprint density at radius 3 is 2.74 bits per heavy atom. The van der Waals surface area contributed by atoms with Gasteiger partial charge in [-0.1, -0.05) is 43.3 Å². The highest BCUT2D eigenvalue weighted by atomic mass is 32.1. The summed E-state index contributed by atoms with van der Waals surface area (Å²) in [5, 5.41) is 16.1. The number of nitrogens with one attached hydrogen (secondary N) is 1. The Bertz CT molecular complexity index is 579. The SMILES string of the molecule is CC1(CN(Cc2ccccc2)CC(O)c2cccs2)CCNC1. The van der Waals surface area contributed by atoms with Crippen molar-refractivity contribution in [3.05, 3.63) is 58.3 Å². The molecule has 1 aliphatic heterocycles. The first kappa shape index (κ1) is 16.7. The van der Waals surface area contributed by atoms with Crippen LogP contribution in [-0.2, 0) is 6.54 Å². The van der Waals surface area contributed by atoms with E-state index in [4.69, 9.17) is 0 Å². The van der Waals surface area contributed by atoms with E-state index in [9.17, 15) is 5.11 Å². The van der Waals surface area contributed by atoms with Crippen LogP contribution in [0.4, 0.5) is 0 Å². The molecule has 1 aliphatic rings. The molecule has 2 N–H and O–H groups in total. The number of nitrogens with zero attached hydrogens (tertiary/aromatic N) is 1. The van der Waals surface area contributed by atoms with Crippen molar-refractivity contribution in [3.8, 4) is 0 Å². The van der Waals surface area contributed by atoms with Crippen molar-refractivity contribution >= 4 is 11.3 Å². The van der Waals surface area contributed by atoms with Crippen LogP contribution in [0.3, 0.4) is 0 Å². The van der Waals surface area contributed by atoms with E-state index in [0.29, 0.717) is 12.0 Å². The predicted octanol–water partition coefficient (Wildman–Crippen LogP) is 3.28. The first-order valence-corrected chi connectivity index (χ1v) is 9.21. The lowest BCUT2D eigenvalue weighted by Gasteiger charge is -2.33. The summed E-state index contributed by atoms with van der Waals surface area (Å²) >= 11 is 1.63. The van der Waals surface area contributed by atoms with Crippen molar-refractivity contribution in [1.82, 2.24) is 10.2 Å². The normalized spacial score (nSPS) is 22.6. The fourth-order valence-electron chi connectivity index (χ4n) is 3.39. The molecule has 1 fully saturated rings. The van der Waals surface area contributed by atoms with Gasteiger partial charge in [-0.15, -0.1) is 11.3 Å². The van der Waals surface area contributed by atoms with Crippen LogP contribution in [0.25, 0.3) is 0 Å². The Morgan fingerprint density at radius 2 is 2.09 bits per heavy atom. The molecule has 2 atom stereocenters. The molecule has 0 aliphatic carbocycles. The maximum absolute atomic E-state index is 10.6. The van der Waals surface area contributed by atoms with E-state index in [0.717, 1.165) is 31.1 Å². The van der Waals surface area contributed by atoms with Crippen LogP contribution in [0, 0.1) is 5.41 Å². The average Bonchev–Trinajstić information content (AvgIpc) is 3.20. The van der Waals surface area contributed by atoms with E-state index in [2.05, 4.69) is 47.5 Å². The maximum atomic E-state index is 10.6. The zero-order chi connectivity index (χ0) is 16.1. The lowest BCUT2D eigenvalue weighted by atomic mass is 9.89. The molecule has 4 heteroatoms. The van der Waals surface area contributed by atoms with Gasteiger partial charge in [0.05, 0.1) is 0 Å². The standard InChI is InChI=1S/C19H26N2OS/c1-19(9-10-20-14-19)15-21(12-16-6-3-2-4-7-16)13-17(22)18-8-5-11-23-18/h2-8,11,17,20,22H,9-10,12-15H2,1H3. The van der Waals surface area contributed by atoms with Gasteiger partial charge in [0.15, 0.2) is 0 Å². The minimum atomic E-state index is -0.406. The Morgan fingerprint density at radius 1 is 1.26 bits per heavy atom. The van der Waals surface area contributed by atoms with E-state index < -0.39 is 6.10 Å². The van der Waals surface area contributed by atoms with Gasteiger partial charge in [0.2, 0.25) is 0 Å². The Hall–Kier alpha value is -1.20. The number of hydrogen-bond acceptors (Lipinski definition) is 4. The molecule has 0 radical (unpaired) electrons. The summed E-state index contributed by atoms with van der Waals surface area (Å²) < 4.78 is 0. The number of hydrogen-bond donors (Lipinski definition) is 2. The second-order valence-corrected chi connectivity index (χ2v) is 7.90. The summed E-state index contributed by atoms with van der Waals surface area (Å²) in [6, 6.07) is 14.6. The monoisotopic (exact) mass is 330 g/mol. The Balaban J connectivity index is 1.69. The summed E-state index contributed by atoms with van der Waals surface area (Å²) in [5.41, 5.74) is 1.60. The highest BCUT2D eigenvalue weighted by Gasteiger charge is 2.31. The van der Waals surface area contributed by atoms with Gasteiger partial charge in [-0.25, -0.2) is 0 Å². The molecular formula is C19H26N2OS. The third kappa shape index (κ3) is 4.64. The molecule has 3 nitrogen and oxygen atoms in total. The van der Waals surface area contributed by atoms with Crippen molar-refractivity contribution in [2.45, 2.75) is 26.0 Å². The van der Waals surface area contributed by atoms with Crippen LogP contribution >= 0.6 is 11.3 Å². The van der Waals surface area contributed by atoms with Gasteiger partial charge in [-0.3, -0.25) is 4.90 Å². The number of thiophene rings is 1. The molecule has 0 saturated carbocycles. The molecule has 1 saturated heterocycles. The largest absolute Gasteiger partial charge is 0.386 e. The topological polar surface area (TPSA) is 35.5 Å². The zero-order valence-electron chi connectivity index (χ0n) is 13.7. The summed E-state index contributed by atoms with van der Waals surface area (Å²) in [6.07, 6.45) is 0.796. The van der Waals surface area contributed by atoms with Gasteiger partial charge in [-0.2, -0.15) is 0 Å². The summed E-state index contributed by atoms with van der Waals surface area (Å²) in [7, 11) is 0. The fraction of sp³-hybridized carbons (Fsp3) is 0.474. The molecule has 0 bridgehead atoms. The van der Waals surface area contributed by atoms with Crippen molar-refractivity contribution in [2.24, 2.45) is 5.41 Å². The molecule has 23 heavy (non-hydrogen) atoms. The molecule has 1 aromatic heterocycles. The molecule has 3 rings (SSSR count). The average molecular weight is 330 g/mol. The molecular weight excluding hydrogens is 304 g/mol. The number of rotatable bonds is 7. The highest BCUT2D eigenvalue weighted by Crippen LogP contribution is 2.28. The zero-order valence-corrected chi connectivity index (χ0v) is 14.6. The van der Waals surface area contributed by atoms with E-state index in [1.807, 2.05) is 17.5 Å². The van der Waals surface area contributed by atoms with Gasteiger partial charge in [0, 0.05) is 31.1 Å². The van der Waals surface area contributed by atoms with Crippen LogP contribution in [0.5, 0.6) is 0 Å². The van der Waals surface area contributed by atoms with Gasteiger partial charge in [0.1, 0.15) is 6.10 Å². The Labute approximate surface area is 143 Å². The van der Waals surface area contributed by atoms with Crippen LogP contribution in [0.2, 0.25) is 0 Å². The lowest BCUT2D eigenvalue weighted by Crippen LogP contribution is -2.39. The van der Waals surface area contributed by atoms with E-state index in [1.54, 1.807) is 11.3 Å². The summed E-state index contributed by atoms with van der Waals surface area (Å²) in [5.74, 6) is 0. The highest BCUT2D eigenvalue weighted by molar-refractivity contribution is 7.10. The van der Waals surface area contributed by atoms with Crippen molar-refractivity contribution in [3.63, 3.8) is 0 Å². The van der Waals surface area contributed by atoms with Gasteiger partial charge < -0.3 is 10.4 Å². The minimum Gasteiger partial charge on any atom is -0.386 e. The first-order valence-electron chi connectivity index (χ1n) is 8.33. The lowest BCUT2D eigenvalue weighted by molar-refractivity contribution is 0.0852.